The molecule has 1 rings (SSSR count). The van der Waals surface area contributed by atoms with E-state index < -0.39 is 0 Å². The second kappa shape index (κ2) is 3.78. The van der Waals surface area contributed by atoms with E-state index in [2.05, 4.69) is 33.1 Å². The van der Waals surface area contributed by atoms with Gasteiger partial charge in [0.2, 0.25) is 0 Å². The Morgan fingerprint density at radius 1 is 1.42 bits per heavy atom. The summed E-state index contributed by atoms with van der Waals surface area (Å²) >= 11 is 0. The fourth-order valence-electron chi connectivity index (χ4n) is 2.45. The minimum atomic E-state index is 0.628. The van der Waals surface area contributed by atoms with Crippen molar-refractivity contribution >= 4 is 0 Å². The Bertz CT molecular complexity index is 138. The Morgan fingerprint density at radius 3 is 2.33 bits per heavy atom. The maximum atomic E-state index is 3.49. The van der Waals surface area contributed by atoms with Crippen LogP contribution in [0, 0.1) is 11.3 Å². The fourth-order valence-corrected chi connectivity index (χ4v) is 2.45. The Hall–Kier alpha value is -0.0400. The first-order valence-electron chi connectivity index (χ1n) is 5.31. The van der Waals surface area contributed by atoms with E-state index in [0.717, 1.165) is 12.0 Å². The fraction of sp³-hybridized carbons (Fsp3) is 1.00. The zero-order valence-corrected chi connectivity index (χ0v) is 8.98. The highest BCUT2D eigenvalue weighted by atomic mass is 14.9. The molecule has 0 spiro atoms. The van der Waals surface area contributed by atoms with Gasteiger partial charge in [-0.15, -0.1) is 0 Å². The molecule has 0 amide bonds. The van der Waals surface area contributed by atoms with Crippen molar-refractivity contribution in [1.82, 2.24) is 5.32 Å². The lowest BCUT2D eigenvalue weighted by Crippen LogP contribution is -2.39. The van der Waals surface area contributed by atoms with Crippen molar-refractivity contribution in [3.8, 4) is 0 Å². The first-order chi connectivity index (χ1) is 5.64. The molecule has 1 fully saturated rings. The average molecular weight is 169 g/mol. The summed E-state index contributed by atoms with van der Waals surface area (Å²) in [6, 6.07) is 0.748. The molecule has 1 heteroatoms. The van der Waals surface area contributed by atoms with Crippen LogP contribution in [0.3, 0.4) is 0 Å². The summed E-state index contributed by atoms with van der Waals surface area (Å²) in [6.45, 7) is 7.08. The van der Waals surface area contributed by atoms with Crippen molar-refractivity contribution in [3.63, 3.8) is 0 Å². The first kappa shape index (κ1) is 10.0. The lowest BCUT2D eigenvalue weighted by molar-refractivity contribution is 0.268. The summed E-state index contributed by atoms with van der Waals surface area (Å²) < 4.78 is 0. The van der Waals surface area contributed by atoms with Gasteiger partial charge in [0, 0.05) is 6.04 Å². The average Bonchev–Trinajstić information content (AvgIpc) is 2.70. The first-order valence-corrected chi connectivity index (χ1v) is 5.31. The molecule has 2 atom stereocenters. The van der Waals surface area contributed by atoms with Gasteiger partial charge in [0.1, 0.15) is 0 Å². The van der Waals surface area contributed by atoms with Crippen LogP contribution in [-0.4, -0.2) is 13.1 Å². The molecule has 12 heavy (non-hydrogen) atoms. The van der Waals surface area contributed by atoms with Gasteiger partial charge in [0.05, 0.1) is 0 Å². The smallest absolute Gasteiger partial charge is 0.0143 e. The van der Waals surface area contributed by atoms with Gasteiger partial charge in [-0.05, 0) is 37.6 Å². The highest BCUT2D eigenvalue weighted by molar-refractivity contribution is 5.00. The van der Waals surface area contributed by atoms with Gasteiger partial charge in [-0.3, -0.25) is 0 Å². The molecule has 1 saturated carbocycles. The molecule has 72 valence electrons. The van der Waals surface area contributed by atoms with E-state index >= 15 is 0 Å². The van der Waals surface area contributed by atoms with Crippen LogP contribution < -0.4 is 5.32 Å². The van der Waals surface area contributed by atoms with Gasteiger partial charge in [0.15, 0.2) is 0 Å². The van der Waals surface area contributed by atoms with Gasteiger partial charge in [-0.25, -0.2) is 0 Å². The SMILES string of the molecule is CCCC(C)C(NC)C1(C)CC1. The van der Waals surface area contributed by atoms with Crippen LogP contribution in [0.1, 0.15) is 46.5 Å². The minimum Gasteiger partial charge on any atom is -0.316 e. The Labute approximate surface area is 76.9 Å². The minimum absolute atomic E-state index is 0.628. The molecule has 1 N–H and O–H groups in total. The third kappa shape index (κ3) is 2.01. The molecule has 0 aliphatic heterocycles. The number of hydrogen-bond donors (Lipinski definition) is 1. The summed E-state index contributed by atoms with van der Waals surface area (Å²) in [5.41, 5.74) is 0.628. The summed E-state index contributed by atoms with van der Waals surface area (Å²) in [7, 11) is 2.11. The summed E-state index contributed by atoms with van der Waals surface area (Å²) in [4.78, 5) is 0. The normalized spacial score (nSPS) is 25.0. The van der Waals surface area contributed by atoms with Crippen molar-refractivity contribution in [1.29, 1.82) is 0 Å². The molecule has 0 aromatic rings. The molecule has 2 unspecified atom stereocenters. The molecule has 1 nitrogen and oxygen atoms in total. The number of rotatable bonds is 5. The van der Waals surface area contributed by atoms with Crippen LogP contribution >= 0.6 is 0 Å². The van der Waals surface area contributed by atoms with Crippen LogP contribution in [0.5, 0.6) is 0 Å². The van der Waals surface area contributed by atoms with E-state index in [9.17, 15) is 0 Å². The summed E-state index contributed by atoms with van der Waals surface area (Å²) in [5.74, 6) is 0.840. The molecular formula is C11H23N. The third-order valence-electron chi connectivity index (χ3n) is 3.41. The Morgan fingerprint density at radius 2 is 2.00 bits per heavy atom. The third-order valence-corrected chi connectivity index (χ3v) is 3.41. The molecule has 0 radical (unpaired) electrons. The van der Waals surface area contributed by atoms with Crippen molar-refractivity contribution in [2.24, 2.45) is 11.3 Å². The molecule has 0 bridgehead atoms. The largest absolute Gasteiger partial charge is 0.316 e. The van der Waals surface area contributed by atoms with Gasteiger partial charge >= 0.3 is 0 Å². The lowest BCUT2D eigenvalue weighted by Gasteiger charge is -2.29. The Kier molecular flexibility index (Phi) is 3.16. The highest BCUT2D eigenvalue weighted by Gasteiger charge is 2.45. The van der Waals surface area contributed by atoms with Gasteiger partial charge in [0.25, 0.3) is 0 Å². The van der Waals surface area contributed by atoms with Crippen LogP contribution in [0.4, 0.5) is 0 Å². The molecule has 0 heterocycles. The van der Waals surface area contributed by atoms with Gasteiger partial charge < -0.3 is 5.32 Å². The topological polar surface area (TPSA) is 12.0 Å². The molecule has 0 aromatic carbocycles. The van der Waals surface area contributed by atoms with Crippen LogP contribution in [0.2, 0.25) is 0 Å². The van der Waals surface area contributed by atoms with E-state index in [1.54, 1.807) is 0 Å². The second-order valence-corrected chi connectivity index (χ2v) is 4.69. The van der Waals surface area contributed by atoms with Crippen LogP contribution in [0.25, 0.3) is 0 Å². The van der Waals surface area contributed by atoms with Crippen molar-refractivity contribution in [2.75, 3.05) is 7.05 Å². The highest BCUT2D eigenvalue weighted by Crippen LogP contribution is 2.50. The van der Waals surface area contributed by atoms with E-state index in [-0.39, 0.29) is 0 Å². The predicted octanol–water partition coefficient (Wildman–Crippen LogP) is 2.81. The number of hydrogen-bond acceptors (Lipinski definition) is 1. The van der Waals surface area contributed by atoms with E-state index in [1.165, 1.54) is 25.7 Å². The molecule has 0 saturated heterocycles. The Balaban J connectivity index is 2.44. The molecule has 0 aromatic heterocycles. The summed E-state index contributed by atoms with van der Waals surface area (Å²) in [5, 5.41) is 3.49. The molecule has 1 aliphatic carbocycles. The maximum Gasteiger partial charge on any atom is 0.0143 e. The van der Waals surface area contributed by atoms with E-state index in [1.807, 2.05) is 0 Å². The van der Waals surface area contributed by atoms with Gasteiger partial charge in [-0.2, -0.15) is 0 Å². The second-order valence-electron chi connectivity index (χ2n) is 4.69. The lowest BCUT2D eigenvalue weighted by atomic mass is 9.85. The zero-order chi connectivity index (χ0) is 9.19. The van der Waals surface area contributed by atoms with E-state index in [4.69, 9.17) is 0 Å². The van der Waals surface area contributed by atoms with Crippen LogP contribution in [0.15, 0.2) is 0 Å². The van der Waals surface area contributed by atoms with Gasteiger partial charge in [-0.1, -0.05) is 27.2 Å². The standard InChI is InChI=1S/C11H23N/c1-5-6-9(2)10(12-4)11(3)7-8-11/h9-10,12H,5-8H2,1-4H3. The monoisotopic (exact) mass is 169 g/mol. The van der Waals surface area contributed by atoms with Crippen molar-refractivity contribution in [3.05, 3.63) is 0 Å². The zero-order valence-electron chi connectivity index (χ0n) is 8.98. The molecular weight excluding hydrogens is 146 g/mol. The van der Waals surface area contributed by atoms with Crippen molar-refractivity contribution < 1.29 is 0 Å². The summed E-state index contributed by atoms with van der Waals surface area (Å²) in [6.07, 6.45) is 5.52. The van der Waals surface area contributed by atoms with Crippen molar-refractivity contribution in [2.45, 2.75) is 52.5 Å². The van der Waals surface area contributed by atoms with E-state index in [0.29, 0.717) is 5.41 Å². The maximum absolute atomic E-state index is 3.49. The van der Waals surface area contributed by atoms with Crippen LogP contribution in [-0.2, 0) is 0 Å². The predicted molar refractivity (Wildman–Crippen MR) is 54.3 cm³/mol. The number of nitrogens with one attached hydrogen (secondary N) is 1. The quantitative estimate of drug-likeness (QED) is 0.667. The molecule has 1 aliphatic rings.